The van der Waals surface area contributed by atoms with Crippen LogP contribution < -0.4 is 5.73 Å². The van der Waals surface area contributed by atoms with E-state index in [1.54, 1.807) is 0 Å². The zero-order valence-electron chi connectivity index (χ0n) is 9.69. The van der Waals surface area contributed by atoms with Gasteiger partial charge in [0.1, 0.15) is 0 Å². The summed E-state index contributed by atoms with van der Waals surface area (Å²) in [6, 6.07) is 7.30. The van der Waals surface area contributed by atoms with E-state index in [2.05, 4.69) is 0 Å². The van der Waals surface area contributed by atoms with Crippen LogP contribution in [0.25, 0.3) is 0 Å². The Kier molecular flexibility index (Phi) is 7.43. The van der Waals surface area contributed by atoms with Crippen LogP contribution in [0.3, 0.4) is 0 Å². The van der Waals surface area contributed by atoms with Gasteiger partial charge in [-0.05, 0) is 24.1 Å². The minimum absolute atomic E-state index is 0.0165. The maximum Gasteiger partial charge on any atom is 0.490 e. The van der Waals surface area contributed by atoms with Gasteiger partial charge in [0.05, 0.1) is 6.61 Å². The third kappa shape index (κ3) is 8.41. The molecule has 1 atom stereocenters. The van der Waals surface area contributed by atoms with Crippen LogP contribution in [0.1, 0.15) is 5.56 Å². The van der Waals surface area contributed by atoms with Crippen LogP contribution in [0.4, 0.5) is 13.2 Å². The molecule has 0 bridgehead atoms. The number of hydrogen-bond acceptors (Lipinski definition) is 3. The number of nitrogens with two attached hydrogens (primary N) is 1. The second-order valence-electron chi connectivity index (χ2n) is 3.58. The van der Waals surface area contributed by atoms with E-state index in [1.165, 1.54) is 0 Å². The molecule has 0 fully saturated rings. The minimum atomic E-state index is -5.08. The van der Waals surface area contributed by atoms with Gasteiger partial charge in [0, 0.05) is 11.1 Å². The molecule has 4 nitrogen and oxygen atoms in total. The summed E-state index contributed by atoms with van der Waals surface area (Å²) in [5, 5.41) is 16.5. The van der Waals surface area contributed by atoms with Crippen molar-refractivity contribution in [1.29, 1.82) is 0 Å². The highest BCUT2D eigenvalue weighted by Gasteiger charge is 2.38. The van der Waals surface area contributed by atoms with Crippen LogP contribution in [0, 0.1) is 0 Å². The predicted octanol–water partition coefficient (Wildman–Crippen LogP) is 1.84. The number of aliphatic hydroxyl groups excluding tert-OH is 1. The Morgan fingerprint density at radius 1 is 1.32 bits per heavy atom. The molecule has 8 heteroatoms. The Morgan fingerprint density at radius 2 is 1.74 bits per heavy atom. The van der Waals surface area contributed by atoms with Crippen LogP contribution in [0.2, 0.25) is 5.02 Å². The maximum atomic E-state index is 10.6. The lowest BCUT2D eigenvalue weighted by Gasteiger charge is -2.07. The molecule has 108 valence electrons. The van der Waals surface area contributed by atoms with Crippen molar-refractivity contribution in [1.82, 2.24) is 0 Å². The highest BCUT2D eigenvalue weighted by Crippen LogP contribution is 2.13. The van der Waals surface area contributed by atoms with Gasteiger partial charge >= 0.3 is 12.1 Å². The molecule has 1 unspecified atom stereocenters. The molecule has 0 heterocycles. The number of alkyl halides is 3. The largest absolute Gasteiger partial charge is 0.490 e. The zero-order valence-corrected chi connectivity index (χ0v) is 10.4. The fourth-order valence-electron chi connectivity index (χ4n) is 0.988. The fourth-order valence-corrected chi connectivity index (χ4v) is 1.11. The van der Waals surface area contributed by atoms with Crippen molar-refractivity contribution in [2.45, 2.75) is 18.6 Å². The van der Waals surface area contributed by atoms with E-state index in [0.29, 0.717) is 6.42 Å². The number of benzene rings is 1. The monoisotopic (exact) mass is 299 g/mol. The van der Waals surface area contributed by atoms with Gasteiger partial charge in [0.25, 0.3) is 0 Å². The van der Waals surface area contributed by atoms with Crippen LogP contribution in [-0.4, -0.2) is 35.0 Å². The lowest BCUT2D eigenvalue weighted by molar-refractivity contribution is -0.192. The third-order valence-electron chi connectivity index (χ3n) is 1.89. The molecule has 0 spiro atoms. The third-order valence-corrected chi connectivity index (χ3v) is 2.14. The Bertz CT molecular complexity index is 395. The molecule has 0 radical (unpaired) electrons. The number of hydrogen-bond donors (Lipinski definition) is 3. The minimum Gasteiger partial charge on any atom is -0.475 e. The van der Waals surface area contributed by atoms with Crippen LogP contribution in [-0.2, 0) is 11.2 Å². The predicted molar refractivity (Wildman–Crippen MR) is 63.9 cm³/mol. The van der Waals surface area contributed by atoms with Crippen LogP contribution >= 0.6 is 11.6 Å². The maximum absolute atomic E-state index is 10.6. The van der Waals surface area contributed by atoms with E-state index in [9.17, 15) is 13.2 Å². The first kappa shape index (κ1) is 17.7. The number of carbonyl (C=O) groups is 1. The number of rotatable bonds is 3. The standard InChI is InChI=1S/C9H12ClNO.C2HF3O2/c10-8-3-1-7(2-4-8)5-9(11)6-12;3-2(4,5)1(6)7/h1-4,9,12H,5-6,11H2;(H,6,7). The summed E-state index contributed by atoms with van der Waals surface area (Å²) < 4.78 is 31.7. The van der Waals surface area contributed by atoms with Crippen LogP contribution in [0.5, 0.6) is 0 Å². The Morgan fingerprint density at radius 3 is 2.05 bits per heavy atom. The quantitative estimate of drug-likeness (QED) is 0.795. The lowest BCUT2D eigenvalue weighted by Crippen LogP contribution is -2.26. The van der Waals surface area contributed by atoms with Crippen molar-refractivity contribution >= 4 is 17.6 Å². The van der Waals surface area contributed by atoms with E-state index < -0.39 is 12.1 Å². The van der Waals surface area contributed by atoms with Crippen molar-refractivity contribution in [2.24, 2.45) is 5.73 Å². The van der Waals surface area contributed by atoms with E-state index in [4.69, 9.17) is 32.3 Å². The van der Waals surface area contributed by atoms with Crippen molar-refractivity contribution in [3.63, 3.8) is 0 Å². The Balaban J connectivity index is 0.000000399. The van der Waals surface area contributed by atoms with Gasteiger partial charge in [-0.3, -0.25) is 0 Å². The summed E-state index contributed by atoms with van der Waals surface area (Å²) in [6.07, 6.45) is -4.40. The average molecular weight is 300 g/mol. The van der Waals surface area contributed by atoms with Crippen molar-refractivity contribution in [3.05, 3.63) is 34.9 Å². The van der Waals surface area contributed by atoms with E-state index in [0.717, 1.165) is 10.6 Å². The molecule has 0 saturated heterocycles. The smallest absolute Gasteiger partial charge is 0.475 e. The highest BCUT2D eigenvalue weighted by atomic mass is 35.5. The highest BCUT2D eigenvalue weighted by molar-refractivity contribution is 6.30. The molecule has 0 aliphatic carbocycles. The summed E-state index contributed by atoms with van der Waals surface area (Å²) in [6.45, 7) is 0.0165. The second kappa shape index (κ2) is 7.98. The lowest BCUT2D eigenvalue weighted by atomic mass is 10.1. The summed E-state index contributed by atoms with van der Waals surface area (Å²) in [7, 11) is 0. The number of carboxylic acid groups (broad SMARTS) is 1. The molecule has 0 aromatic heterocycles. The summed E-state index contributed by atoms with van der Waals surface area (Å²) >= 11 is 5.70. The number of aliphatic hydroxyl groups is 1. The van der Waals surface area contributed by atoms with Crippen molar-refractivity contribution in [2.75, 3.05) is 6.61 Å². The summed E-state index contributed by atoms with van der Waals surface area (Å²) in [4.78, 5) is 8.90. The first-order valence-corrected chi connectivity index (χ1v) is 5.45. The Hall–Kier alpha value is -1.31. The SMILES string of the molecule is NC(CO)Cc1ccc(Cl)cc1.O=C(O)C(F)(F)F. The molecule has 0 saturated carbocycles. The van der Waals surface area contributed by atoms with Gasteiger partial charge in [0.2, 0.25) is 0 Å². The molecule has 0 aliphatic heterocycles. The van der Waals surface area contributed by atoms with Crippen molar-refractivity contribution in [3.8, 4) is 0 Å². The van der Waals surface area contributed by atoms with Gasteiger partial charge in [-0.1, -0.05) is 23.7 Å². The summed E-state index contributed by atoms with van der Waals surface area (Å²) in [5.74, 6) is -2.76. The number of aliphatic carboxylic acids is 1. The van der Waals surface area contributed by atoms with Gasteiger partial charge < -0.3 is 15.9 Å². The molecule has 19 heavy (non-hydrogen) atoms. The molecule has 1 aromatic carbocycles. The van der Waals surface area contributed by atoms with E-state index in [1.807, 2.05) is 24.3 Å². The van der Waals surface area contributed by atoms with Crippen molar-refractivity contribution < 1.29 is 28.2 Å². The molecule has 0 aliphatic rings. The van der Waals surface area contributed by atoms with Gasteiger partial charge in [-0.15, -0.1) is 0 Å². The van der Waals surface area contributed by atoms with E-state index >= 15 is 0 Å². The molecule has 0 amide bonds. The number of halogens is 4. The fraction of sp³-hybridized carbons (Fsp3) is 0.364. The van der Waals surface area contributed by atoms with Gasteiger partial charge in [0.15, 0.2) is 0 Å². The number of carboxylic acids is 1. The van der Waals surface area contributed by atoms with Crippen LogP contribution in [0.15, 0.2) is 24.3 Å². The van der Waals surface area contributed by atoms with Gasteiger partial charge in [-0.2, -0.15) is 13.2 Å². The normalized spacial score (nSPS) is 12.3. The molecule has 1 aromatic rings. The van der Waals surface area contributed by atoms with Gasteiger partial charge in [-0.25, -0.2) is 4.79 Å². The molecular weight excluding hydrogens is 287 g/mol. The zero-order chi connectivity index (χ0) is 15.1. The average Bonchev–Trinajstić information content (AvgIpc) is 2.31. The first-order valence-electron chi connectivity index (χ1n) is 5.07. The topological polar surface area (TPSA) is 83.5 Å². The molecular formula is C11H13ClF3NO3. The molecule has 4 N–H and O–H groups in total. The Labute approximate surface area is 112 Å². The first-order chi connectivity index (χ1) is 8.66. The molecule has 1 rings (SSSR count). The second-order valence-corrected chi connectivity index (χ2v) is 4.01. The summed E-state index contributed by atoms with van der Waals surface area (Å²) in [5.41, 5.74) is 6.66. The van der Waals surface area contributed by atoms with E-state index in [-0.39, 0.29) is 12.6 Å².